The van der Waals surface area contributed by atoms with Crippen molar-refractivity contribution in [2.45, 2.75) is 32.8 Å². The minimum atomic E-state index is -0.505. The van der Waals surface area contributed by atoms with Gasteiger partial charge in [-0.15, -0.1) is 0 Å². The van der Waals surface area contributed by atoms with E-state index in [1.165, 1.54) is 0 Å². The molecule has 1 aromatic rings. The maximum Gasteiger partial charge on any atom is 0.407 e. The summed E-state index contributed by atoms with van der Waals surface area (Å²) in [4.78, 5) is 22.7. The zero-order valence-corrected chi connectivity index (χ0v) is 14.3. The van der Waals surface area contributed by atoms with Gasteiger partial charge < -0.3 is 24.8 Å². The van der Waals surface area contributed by atoms with Crippen molar-refractivity contribution in [2.24, 2.45) is 0 Å². The van der Waals surface area contributed by atoms with Crippen molar-refractivity contribution in [3.05, 3.63) is 23.8 Å². The molecular formula is C17H24N2O5. The first kappa shape index (κ1) is 18.1. The van der Waals surface area contributed by atoms with Crippen molar-refractivity contribution in [1.29, 1.82) is 0 Å². The molecule has 0 radical (unpaired) electrons. The van der Waals surface area contributed by atoms with E-state index in [1.54, 1.807) is 0 Å². The van der Waals surface area contributed by atoms with E-state index in [4.69, 9.17) is 14.2 Å². The number of anilines is 1. The van der Waals surface area contributed by atoms with Crippen LogP contribution in [0.2, 0.25) is 0 Å². The fraction of sp³-hybridized carbons (Fsp3) is 0.529. The lowest BCUT2D eigenvalue weighted by Gasteiger charge is -2.19. The van der Waals surface area contributed by atoms with Crippen LogP contribution < -0.4 is 15.4 Å². The molecule has 7 heteroatoms. The lowest BCUT2D eigenvalue weighted by Crippen LogP contribution is -2.34. The molecule has 0 spiro atoms. The molecule has 1 heterocycles. The molecule has 0 unspecified atom stereocenters. The van der Waals surface area contributed by atoms with E-state index in [1.807, 2.05) is 39.0 Å². The average molecular weight is 336 g/mol. The Hall–Kier alpha value is -2.28. The van der Waals surface area contributed by atoms with Crippen molar-refractivity contribution >= 4 is 17.7 Å². The number of ether oxygens (including phenoxy) is 3. The summed E-state index contributed by atoms with van der Waals surface area (Å²) < 4.78 is 16.1. The van der Waals surface area contributed by atoms with Crippen LogP contribution in [0.15, 0.2) is 18.2 Å². The normalized spacial score (nSPS) is 13.2. The first-order valence-electron chi connectivity index (χ1n) is 7.94. The van der Waals surface area contributed by atoms with Gasteiger partial charge in [-0.05, 0) is 44.5 Å². The molecule has 0 saturated heterocycles. The number of carbonyl (C=O) groups is 2. The van der Waals surface area contributed by atoms with Gasteiger partial charge in [0.1, 0.15) is 18.0 Å². The standard InChI is InChI=1S/C17H24N2O5/c1-17(2,3)24-16(21)18-6-7-22-8-9-23-13-4-5-14-12(10-13)11-15(20)19-14/h4-5,10H,6-9,11H2,1-3H3,(H,18,21)(H,19,20). The molecule has 1 aliphatic heterocycles. The van der Waals surface area contributed by atoms with Crippen molar-refractivity contribution in [1.82, 2.24) is 5.32 Å². The minimum absolute atomic E-state index is 0.00275. The number of carbonyl (C=O) groups excluding carboxylic acids is 2. The molecule has 0 saturated carbocycles. The van der Waals surface area contributed by atoms with Crippen LogP contribution in [0.4, 0.5) is 10.5 Å². The van der Waals surface area contributed by atoms with Gasteiger partial charge in [0.05, 0.1) is 19.6 Å². The number of fused-ring (bicyclic) bond motifs is 1. The van der Waals surface area contributed by atoms with Crippen LogP contribution in [-0.2, 0) is 20.7 Å². The van der Waals surface area contributed by atoms with Gasteiger partial charge in [-0.3, -0.25) is 4.79 Å². The second-order valence-electron chi connectivity index (χ2n) is 6.43. The van der Waals surface area contributed by atoms with Crippen molar-refractivity contribution in [3.8, 4) is 5.75 Å². The summed E-state index contributed by atoms with van der Waals surface area (Å²) in [5.74, 6) is 0.712. The lowest BCUT2D eigenvalue weighted by molar-refractivity contribution is -0.115. The number of nitrogens with one attached hydrogen (secondary N) is 2. The zero-order valence-electron chi connectivity index (χ0n) is 14.3. The van der Waals surface area contributed by atoms with E-state index in [0.717, 1.165) is 11.3 Å². The molecule has 1 aliphatic rings. The number of rotatable bonds is 7. The molecule has 0 fully saturated rings. The Morgan fingerprint density at radius 1 is 1.25 bits per heavy atom. The first-order valence-corrected chi connectivity index (χ1v) is 7.94. The Bertz CT molecular complexity index is 595. The molecule has 7 nitrogen and oxygen atoms in total. The molecule has 0 bridgehead atoms. The highest BCUT2D eigenvalue weighted by atomic mass is 16.6. The fourth-order valence-electron chi connectivity index (χ4n) is 2.16. The maximum atomic E-state index is 11.4. The summed E-state index contributed by atoms with van der Waals surface area (Å²) in [5.41, 5.74) is 1.28. The summed E-state index contributed by atoms with van der Waals surface area (Å²) in [6.07, 6.45) is -0.0667. The molecule has 2 N–H and O–H groups in total. The van der Waals surface area contributed by atoms with Crippen molar-refractivity contribution in [3.63, 3.8) is 0 Å². The SMILES string of the molecule is CC(C)(C)OC(=O)NCCOCCOc1ccc2c(c1)CC(=O)N2. The van der Waals surface area contributed by atoms with Crippen LogP contribution in [0.3, 0.4) is 0 Å². The monoisotopic (exact) mass is 336 g/mol. The predicted octanol–water partition coefficient (Wildman–Crippen LogP) is 2.10. The molecule has 2 rings (SSSR count). The number of benzene rings is 1. The van der Waals surface area contributed by atoms with Gasteiger partial charge in [-0.25, -0.2) is 4.79 Å². The third kappa shape index (κ3) is 6.08. The Morgan fingerprint density at radius 2 is 2.04 bits per heavy atom. The Morgan fingerprint density at radius 3 is 2.79 bits per heavy atom. The summed E-state index contributed by atoms with van der Waals surface area (Å²) >= 11 is 0. The lowest BCUT2D eigenvalue weighted by atomic mass is 10.1. The molecular weight excluding hydrogens is 312 g/mol. The molecule has 1 aromatic carbocycles. The highest BCUT2D eigenvalue weighted by Gasteiger charge is 2.17. The van der Waals surface area contributed by atoms with Crippen LogP contribution in [0.1, 0.15) is 26.3 Å². The Balaban J connectivity index is 1.55. The second-order valence-corrected chi connectivity index (χ2v) is 6.43. The average Bonchev–Trinajstić information content (AvgIpc) is 2.83. The zero-order chi connectivity index (χ0) is 17.6. The van der Waals surface area contributed by atoms with Gasteiger partial charge >= 0.3 is 6.09 Å². The number of alkyl carbamates (subject to hydrolysis) is 1. The molecule has 0 aromatic heterocycles. The summed E-state index contributed by atoms with van der Waals surface area (Å²) in [6, 6.07) is 5.51. The second kappa shape index (κ2) is 8.01. The first-order chi connectivity index (χ1) is 11.3. The summed E-state index contributed by atoms with van der Waals surface area (Å²) in [5, 5.41) is 5.39. The molecule has 24 heavy (non-hydrogen) atoms. The minimum Gasteiger partial charge on any atom is -0.491 e. The van der Waals surface area contributed by atoms with E-state index in [-0.39, 0.29) is 5.91 Å². The third-order valence-corrected chi connectivity index (χ3v) is 3.11. The number of hydrogen-bond acceptors (Lipinski definition) is 5. The van der Waals surface area contributed by atoms with Crippen LogP contribution in [0.25, 0.3) is 0 Å². The Kier molecular flexibility index (Phi) is 6.03. The van der Waals surface area contributed by atoms with Gasteiger partial charge in [0.15, 0.2) is 0 Å². The van der Waals surface area contributed by atoms with E-state index >= 15 is 0 Å². The third-order valence-electron chi connectivity index (χ3n) is 3.11. The van der Waals surface area contributed by atoms with Crippen LogP contribution in [-0.4, -0.2) is 44.0 Å². The maximum absolute atomic E-state index is 11.4. The van der Waals surface area contributed by atoms with Crippen LogP contribution >= 0.6 is 0 Å². The van der Waals surface area contributed by atoms with Crippen LogP contribution in [0.5, 0.6) is 5.75 Å². The topological polar surface area (TPSA) is 85.9 Å². The van der Waals surface area contributed by atoms with Gasteiger partial charge in [0, 0.05) is 12.2 Å². The van der Waals surface area contributed by atoms with Gasteiger partial charge in [-0.1, -0.05) is 0 Å². The summed E-state index contributed by atoms with van der Waals surface area (Å²) in [7, 11) is 0. The largest absolute Gasteiger partial charge is 0.491 e. The van der Waals surface area contributed by atoms with E-state index in [0.29, 0.717) is 38.5 Å². The number of hydrogen-bond donors (Lipinski definition) is 2. The van der Waals surface area contributed by atoms with Gasteiger partial charge in [0.25, 0.3) is 0 Å². The fourth-order valence-corrected chi connectivity index (χ4v) is 2.16. The van der Waals surface area contributed by atoms with E-state index in [9.17, 15) is 9.59 Å². The van der Waals surface area contributed by atoms with Gasteiger partial charge in [-0.2, -0.15) is 0 Å². The molecule has 0 atom stereocenters. The highest BCUT2D eigenvalue weighted by Crippen LogP contribution is 2.26. The Labute approximate surface area is 141 Å². The summed E-state index contributed by atoms with van der Waals surface area (Å²) in [6.45, 7) is 6.99. The van der Waals surface area contributed by atoms with E-state index in [2.05, 4.69) is 10.6 Å². The van der Waals surface area contributed by atoms with Crippen LogP contribution in [0, 0.1) is 0 Å². The quantitative estimate of drug-likeness (QED) is 0.745. The highest BCUT2D eigenvalue weighted by molar-refractivity contribution is 5.99. The predicted molar refractivity (Wildman–Crippen MR) is 89.3 cm³/mol. The molecule has 132 valence electrons. The number of amides is 2. The van der Waals surface area contributed by atoms with Crippen molar-refractivity contribution < 1.29 is 23.8 Å². The van der Waals surface area contributed by atoms with Gasteiger partial charge in [0.2, 0.25) is 5.91 Å². The molecule has 2 amide bonds. The van der Waals surface area contributed by atoms with Crippen molar-refractivity contribution in [2.75, 3.05) is 31.7 Å². The molecule has 0 aliphatic carbocycles. The smallest absolute Gasteiger partial charge is 0.407 e. The van der Waals surface area contributed by atoms with E-state index < -0.39 is 11.7 Å².